The first-order valence-electron chi connectivity index (χ1n) is 17.8. The number of rotatable bonds is 17. The van der Waals surface area contributed by atoms with E-state index < -0.39 is 46.5 Å². The van der Waals surface area contributed by atoms with Crippen molar-refractivity contribution in [3.63, 3.8) is 0 Å². The lowest BCUT2D eigenvalue weighted by molar-refractivity contribution is -0.146. The van der Waals surface area contributed by atoms with Crippen molar-refractivity contribution in [2.75, 3.05) is 26.8 Å². The van der Waals surface area contributed by atoms with E-state index in [0.29, 0.717) is 24.6 Å². The molecule has 2 atom stereocenters. The number of benzene rings is 3. The zero-order valence-electron chi connectivity index (χ0n) is 31.1. The summed E-state index contributed by atoms with van der Waals surface area (Å²) in [5.74, 6) is -3.80. The average molecular weight is 801 g/mol. The standard InChI is InChI=1S/C41H39F3N6O6S/c1-27(57-33-22-54-39(55-23-33)8-4-3-6-30-11-9-29(20-46)17-36(30)43)41(24-50-26-48-25-49-50,35-14-13-32(42)18-37(35)44)56-40(52)34-16-28(19-45)10-12-31(34)21-53-38(51)7-5-15-47-2/h3-4,6,8-14,16-18,25-27,33,39,47H,5,7,15,21-24H2,1-2H3/t27-,33?,39?,41-/m1/s1. The zero-order valence-corrected chi connectivity index (χ0v) is 31.9. The van der Waals surface area contributed by atoms with Gasteiger partial charge in [-0.05, 0) is 69.4 Å². The molecule has 1 aliphatic heterocycles. The van der Waals surface area contributed by atoms with Crippen molar-refractivity contribution < 1.29 is 41.7 Å². The smallest absolute Gasteiger partial charge is 0.339 e. The van der Waals surface area contributed by atoms with E-state index in [1.165, 1.54) is 65.5 Å². The third kappa shape index (κ3) is 11.4. The van der Waals surface area contributed by atoms with Crippen LogP contribution in [0.2, 0.25) is 0 Å². The SMILES string of the molecule is CNCCCC(=O)OCc1ccc(C#N)cc1C(=O)O[C@@](Cn1cncn1)(c1ccc(F)cc1F)[C@@H](C)SC1COC(C=CC=Cc2ccc(C#N)cc2F)OC1. The normalized spacial score (nSPS) is 17.1. The maximum Gasteiger partial charge on any atom is 0.339 e. The van der Waals surface area contributed by atoms with Crippen molar-refractivity contribution in [2.24, 2.45) is 0 Å². The molecule has 1 fully saturated rings. The van der Waals surface area contributed by atoms with Crippen LogP contribution in [0.15, 0.2) is 85.5 Å². The second-order valence-electron chi connectivity index (χ2n) is 12.9. The summed E-state index contributed by atoms with van der Waals surface area (Å²) in [6, 6.07) is 15.3. The monoisotopic (exact) mass is 800 g/mol. The van der Waals surface area contributed by atoms with Gasteiger partial charge in [0.1, 0.15) is 36.7 Å². The van der Waals surface area contributed by atoms with E-state index in [2.05, 4.69) is 15.4 Å². The minimum atomic E-state index is -1.88. The summed E-state index contributed by atoms with van der Waals surface area (Å²) in [6.07, 6.45) is 9.00. The third-order valence-corrected chi connectivity index (χ3v) is 10.4. The summed E-state index contributed by atoms with van der Waals surface area (Å²) < 4.78 is 69.6. The quantitative estimate of drug-likeness (QED) is 0.0716. The number of carbonyl (C=O) groups is 2. The molecule has 4 aromatic rings. The lowest BCUT2D eigenvalue weighted by Crippen LogP contribution is -2.47. The first kappa shape index (κ1) is 42.4. The number of hydrogen-bond acceptors (Lipinski definition) is 12. The van der Waals surface area contributed by atoms with Crippen molar-refractivity contribution in [3.05, 3.63) is 136 Å². The second-order valence-corrected chi connectivity index (χ2v) is 14.5. The van der Waals surface area contributed by atoms with E-state index in [1.807, 2.05) is 12.1 Å². The van der Waals surface area contributed by atoms with Crippen LogP contribution in [0, 0.1) is 40.1 Å². The molecule has 0 saturated carbocycles. The molecular weight excluding hydrogens is 762 g/mol. The molecule has 0 radical (unpaired) electrons. The molecular formula is C41H39F3N6O6S. The highest BCUT2D eigenvalue weighted by atomic mass is 32.2. The Labute approximate surface area is 331 Å². The Morgan fingerprint density at radius 3 is 2.49 bits per heavy atom. The summed E-state index contributed by atoms with van der Waals surface area (Å²) in [6.45, 7) is 2.11. The van der Waals surface area contributed by atoms with Gasteiger partial charge in [-0.1, -0.05) is 30.4 Å². The molecule has 2 heterocycles. The summed E-state index contributed by atoms with van der Waals surface area (Å²) in [5.41, 5.74) is -1.22. The number of carbonyl (C=O) groups excluding carboxylic acids is 2. The van der Waals surface area contributed by atoms with Gasteiger partial charge in [-0.2, -0.15) is 15.6 Å². The predicted octanol–water partition coefficient (Wildman–Crippen LogP) is 6.37. The Morgan fingerprint density at radius 2 is 1.81 bits per heavy atom. The van der Waals surface area contributed by atoms with Gasteiger partial charge in [0.15, 0.2) is 11.9 Å². The van der Waals surface area contributed by atoms with Crippen LogP contribution in [-0.4, -0.2) is 70.3 Å². The number of nitrogens with one attached hydrogen (secondary N) is 1. The number of esters is 2. The first-order chi connectivity index (χ1) is 27.5. The number of nitrogens with zero attached hydrogens (tertiary/aromatic N) is 5. The molecule has 0 unspecified atom stereocenters. The highest BCUT2D eigenvalue weighted by Gasteiger charge is 2.47. The van der Waals surface area contributed by atoms with Crippen LogP contribution in [0.25, 0.3) is 6.08 Å². The maximum atomic E-state index is 16.0. The van der Waals surface area contributed by atoms with E-state index in [1.54, 1.807) is 38.3 Å². The first-order valence-corrected chi connectivity index (χ1v) is 18.8. The van der Waals surface area contributed by atoms with Crippen LogP contribution in [0.5, 0.6) is 0 Å². The Hall–Kier alpha value is -5.78. The van der Waals surface area contributed by atoms with Crippen LogP contribution in [0.3, 0.4) is 0 Å². The molecule has 1 saturated heterocycles. The van der Waals surface area contributed by atoms with Crippen molar-refractivity contribution in [2.45, 2.75) is 55.3 Å². The second kappa shape index (κ2) is 20.4. The topological polar surface area (TPSA) is 161 Å². The van der Waals surface area contributed by atoms with Gasteiger partial charge in [0.2, 0.25) is 0 Å². The number of halogens is 3. The van der Waals surface area contributed by atoms with E-state index >= 15 is 4.39 Å². The Kier molecular flexibility index (Phi) is 15.2. The average Bonchev–Trinajstić information content (AvgIpc) is 3.72. The van der Waals surface area contributed by atoms with Crippen LogP contribution < -0.4 is 5.32 Å². The predicted molar refractivity (Wildman–Crippen MR) is 203 cm³/mol. The molecule has 0 amide bonds. The van der Waals surface area contributed by atoms with Crippen molar-refractivity contribution in [3.8, 4) is 12.1 Å². The van der Waals surface area contributed by atoms with Crippen LogP contribution >= 0.6 is 11.8 Å². The number of thioether (sulfide) groups is 1. The largest absolute Gasteiger partial charge is 0.461 e. The van der Waals surface area contributed by atoms with E-state index in [-0.39, 0.29) is 65.9 Å². The maximum absolute atomic E-state index is 16.0. The minimum Gasteiger partial charge on any atom is -0.461 e. The van der Waals surface area contributed by atoms with Crippen molar-refractivity contribution >= 4 is 29.8 Å². The van der Waals surface area contributed by atoms with Crippen LogP contribution in [0.1, 0.15) is 57.9 Å². The van der Waals surface area contributed by atoms with Gasteiger partial charge in [-0.15, -0.1) is 11.8 Å². The highest BCUT2D eigenvalue weighted by molar-refractivity contribution is 8.00. The van der Waals surface area contributed by atoms with E-state index in [0.717, 1.165) is 12.1 Å². The van der Waals surface area contributed by atoms with Gasteiger partial charge in [-0.3, -0.25) is 4.79 Å². The van der Waals surface area contributed by atoms with Gasteiger partial charge < -0.3 is 24.3 Å². The molecule has 0 spiro atoms. The lowest BCUT2D eigenvalue weighted by atomic mass is 9.89. The van der Waals surface area contributed by atoms with Crippen LogP contribution in [0.4, 0.5) is 13.2 Å². The Balaban J connectivity index is 1.39. The van der Waals surface area contributed by atoms with E-state index in [9.17, 15) is 23.6 Å². The Morgan fingerprint density at radius 1 is 1.05 bits per heavy atom. The summed E-state index contributed by atoms with van der Waals surface area (Å²) in [4.78, 5) is 30.8. The minimum absolute atomic E-state index is 0.0882. The molecule has 3 aromatic carbocycles. The highest BCUT2D eigenvalue weighted by Crippen LogP contribution is 2.42. The number of ether oxygens (including phenoxy) is 4. The molecule has 0 aliphatic carbocycles. The third-order valence-electron chi connectivity index (χ3n) is 8.91. The van der Waals surface area contributed by atoms with Crippen LogP contribution in [-0.2, 0) is 42.5 Å². The fraction of sp³-hybridized carbons (Fsp3) is 0.317. The zero-order chi connectivity index (χ0) is 40.8. The van der Waals surface area contributed by atoms with Gasteiger partial charge in [-0.25, -0.2) is 27.6 Å². The molecule has 1 N–H and O–H groups in total. The van der Waals surface area contributed by atoms with E-state index in [4.69, 9.17) is 24.2 Å². The van der Waals surface area contributed by atoms with Crippen molar-refractivity contribution in [1.29, 1.82) is 10.5 Å². The van der Waals surface area contributed by atoms with Gasteiger partial charge in [0.05, 0.1) is 53.8 Å². The summed E-state index contributed by atoms with van der Waals surface area (Å²) >= 11 is 1.28. The van der Waals surface area contributed by atoms with Gasteiger partial charge >= 0.3 is 11.9 Å². The lowest BCUT2D eigenvalue weighted by Gasteiger charge is -2.40. The molecule has 57 heavy (non-hydrogen) atoms. The molecule has 296 valence electrons. The fourth-order valence-corrected chi connectivity index (χ4v) is 7.31. The number of aromatic nitrogens is 3. The molecule has 12 nitrogen and oxygen atoms in total. The molecule has 16 heteroatoms. The summed E-state index contributed by atoms with van der Waals surface area (Å²) in [7, 11) is 1.76. The number of allylic oxidation sites excluding steroid dienone is 2. The number of nitriles is 2. The summed E-state index contributed by atoms with van der Waals surface area (Å²) in [5, 5.41) is 24.6. The molecule has 1 aliphatic rings. The molecule has 1 aromatic heterocycles. The molecule has 5 rings (SSSR count). The van der Waals surface area contributed by atoms with Crippen molar-refractivity contribution in [1.82, 2.24) is 20.1 Å². The van der Waals surface area contributed by atoms with Gasteiger partial charge in [0.25, 0.3) is 0 Å². The molecule has 0 bridgehead atoms. The number of hydrogen-bond donors (Lipinski definition) is 1. The van der Waals surface area contributed by atoms with Gasteiger partial charge in [0, 0.05) is 34.4 Å². The Bertz CT molecular complexity index is 2160. The fourth-order valence-electron chi connectivity index (χ4n) is 5.95.